The van der Waals surface area contributed by atoms with Crippen molar-refractivity contribution in [1.29, 1.82) is 0 Å². The van der Waals surface area contributed by atoms with Crippen molar-refractivity contribution < 1.29 is 14.5 Å². The highest BCUT2D eigenvalue weighted by Gasteiger charge is 2.22. The minimum atomic E-state index is -0.561. The van der Waals surface area contributed by atoms with Crippen LogP contribution in [0, 0.1) is 17.0 Å². The van der Waals surface area contributed by atoms with Gasteiger partial charge in [-0.1, -0.05) is 6.07 Å². The number of nitrogens with one attached hydrogen (secondary N) is 1. The molecule has 1 aliphatic rings. The lowest BCUT2D eigenvalue weighted by Gasteiger charge is -2.34. The zero-order valence-corrected chi connectivity index (χ0v) is 16.3. The van der Waals surface area contributed by atoms with Crippen LogP contribution >= 0.6 is 11.3 Å². The van der Waals surface area contributed by atoms with Crippen LogP contribution in [0.4, 0.5) is 5.69 Å². The Morgan fingerprint density at radius 2 is 2.04 bits per heavy atom. The molecule has 0 saturated carbocycles. The number of rotatable bonds is 6. The average molecular weight is 403 g/mol. The number of benzene rings is 1. The molecule has 0 aliphatic carbocycles. The van der Waals surface area contributed by atoms with Gasteiger partial charge in [0, 0.05) is 55.8 Å². The highest BCUT2D eigenvalue weighted by molar-refractivity contribution is 7.09. The quantitative estimate of drug-likeness (QED) is 0.577. The van der Waals surface area contributed by atoms with Gasteiger partial charge in [0.05, 0.1) is 22.2 Å². The summed E-state index contributed by atoms with van der Waals surface area (Å²) in [7, 11) is 0. The largest absolute Gasteiger partial charge is 0.343 e. The van der Waals surface area contributed by atoms with E-state index >= 15 is 0 Å². The van der Waals surface area contributed by atoms with Gasteiger partial charge in [0.25, 0.3) is 11.6 Å². The summed E-state index contributed by atoms with van der Waals surface area (Å²) >= 11 is 1.63. The maximum absolute atomic E-state index is 12.4. The van der Waals surface area contributed by atoms with Gasteiger partial charge in [0.15, 0.2) is 0 Å². The van der Waals surface area contributed by atoms with Crippen LogP contribution in [0.2, 0.25) is 0 Å². The maximum Gasteiger partial charge on any atom is 0.270 e. The molecule has 1 aromatic heterocycles. The van der Waals surface area contributed by atoms with E-state index in [4.69, 9.17) is 0 Å². The first-order valence-corrected chi connectivity index (χ1v) is 9.74. The zero-order chi connectivity index (χ0) is 20.1. The normalized spacial score (nSPS) is 14.7. The molecule has 1 saturated heterocycles. The van der Waals surface area contributed by atoms with Crippen LogP contribution in [-0.2, 0) is 11.3 Å². The van der Waals surface area contributed by atoms with Gasteiger partial charge in [-0.15, -0.1) is 11.3 Å². The number of non-ortho nitro benzene ring substituents is 1. The summed E-state index contributed by atoms with van der Waals surface area (Å²) in [6, 6.07) is 5.43. The maximum atomic E-state index is 12.4. The summed E-state index contributed by atoms with van der Waals surface area (Å²) in [4.78, 5) is 43.2. The first-order chi connectivity index (χ1) is 13.4. The fourth-order valence-electron chi connectivity index (χ4n) is 3.00. The fourth-order valence-corrected chi connectivity index (χ4v) is 3.60. The van der Waals surface area contributed by atoms with E-state index in [0.29, 0.717) is 13.1 Å². The number of nitro groups is 1. The topological polar surface area (TPSA) is 109 Å². The summed E-state index contributed by atoms with van der Waals surface area (Å²) < 4.78 is 0. The summed E-state index contributed by atoms with van der Waals surface area (Å²) in [6.07, 6.45) is 0. The smallest absolute Gasteiger partial charge is 0.270 e. The zero-order valence-electron chi connectivity index (χ0n) is 15.5. The summed E-state index contributed by atoms with van der Waals surface area (Å²) in [5.74, 6) is -0.669. The number of nitrogens with zero attached hydrogens (tertiary/aromatic N) is 4. The molecular weight excluding hydrogens is 382 g/mol. The number of hydrogen-bond acceptors (Lipinski definition) is 7. The Morgan fingerprint density at radius 1 is 1.29 bits per heavy atom. The molecule has 10 heteroatoms. The van der Waals surface area contributed by atoms with Crippen molar-refractivity contribution in [2.24, 2.45) is 0 Å². The van der Waals surface area contributed by atoms with E-state index in [9.17, 15) is 19.7 Å². The number of nitro benzene ring substituents is 1. The molecule has 1 fully saturated rings. The molecule has 0 bridgehead atoms. The van der Waals surface area contributed by atoms with Gasteiger partial charge in [-0.25, -0.2) is 4.98 Å². The van der Waals surface area contributed by atoms with Crippen LogP contribution in [0.3, 0.4) is 0 Å². The van der Waals surface area contributed by atoms with Gasteiger partial charge in [0.1, 0.15) is 0 Å². The second kappa shape index (κ2) is 8.89. The number of piperazine rings is 1. The molecule has 148 valence electrons. The van der Waals surface area contributed by atoms with E-state index in [0.717, 1.165) is 30.3 Å². The minimum absolute atomic E-state index is 0.132. The van der Waals surface area contributed by atoms with Gasteiger partial charge in [-0.3, -0.25) is 24.6 Å². The second-order valence-electron chi connectivity index (χ2n) is 6.50. The lowest BCUT2D eigenvalue weighted by atomic mass is 10.2. The Balaban J connectivity index is 1.45. The van der Waals surface area contributed by atoms with Crippen molar-refractivity contribution in [3.63, 3.8) is 0 Å². The SMILES string of the molecule is Cc1nc(CN2CCN(C(=O)CNC(=O)c3cccc([N+](=O)[O-])c3)CC2)cs1. The standard InChI is InChI=1S/C18H21N5O4S/c1-13-20-15(12-28-13)11-21-5-7-22(8-6-21)17(24)10-19-18(25)14-3-2-4-16(9-14)23(26)27/h2-4,9,12H,5-8,10-11H2,1H3,(H,19,25). The number of aryl methyl sites for hydroxylation is 1. The van der Waals surface area contributed by atoms with E-state index in [1.165, 1.54) is 24.3 Å². The van der Waals surface area contributed by atoms with Gasteiger partial charge >= 0.3 is 0 Å². The number of carbonyl (C=O) groups is 2. The molecule has 0 atom stereocenters. The Labute approximate surface area is 166 Å². The van der Waals surface area contributed by atoms with Crippen LogP contribution in [0.25, 0.3) is 0 Å². The van der Waals surface area contributed by atoms with E-state index in [2.05, 4.69) is 20.6 Å². The molecule has 3 rings (SSSR count). The van der Waals surface area contributed by atoms with Crippen molar-refractivity contribution in [2.75, 3.05) is 32.7 Å². The molecule has 1 N–H and O–H groups in total. The van der Waals surface area contributed by atoms with Gasteiger partial charge in [0.2, 0.25) is 5.91 Å². The van der Waals surface area contributed by atoms with Crippen molar-refractivity contribution in [3.05, 3.63) is 56.0 Å². The molecule has 2 amide bonds. The Hall–Kier alpha value is -2.85. The lowest BCUT2D eigenvalue weighted by molar-refractivity contribution is -0.384. The second-order valence-corrected chi connectivity index (χ2v) is 7.57. The Kier molecular flexibility index (Phi) is 6.32. The molecule has 0 spiro atoms. The summed E-state index contributed by atoms with van der Waals surface area (Å²) in [5.41, 5.74) is 1.04. The Bertz CT molecular complexity index is 876. The molecular formula is C18H21N5O4S. The van der Waals surface area contributed by atoms with E-state index in [-0.39, 0.29) is 23.7 Å². The third-order valence-corrected chi connectivity index (χ3v) is 5.32. The highest BCUT2D eigenvalue weighted by Crippen LogP contribution is 2.14. The van der Waals surface area contributed by atoms with Crippen molar-refractivity contribution >= 4 is 28.8 Å². The first kappa shape index (κ1) is 19.9. The van der Waals surface area contributed by atoms with Crippen LogP contribution < -0.4 is 5.32 Å². The summed E-state index contributed by atoms with van der Waals surface area (Å²) in [5, 5.41) is 16.4. The van der Waals surface area contributed by atoms with Gasteiger partial charge in [-0.2, -0.15) is 0 Å². The van der Waals surface area contributed by atoms with Crippen LogP contribution in [0.15, 0.2) is 29.6 Å². The predicted molar refractivity (Wildman–Crippen MR) is 104 cm³/mol. The van der Waals surface area contributed by atoms with Crippen molar-refractivity contribution in [3.8, 4) is 0 Å². The number of hydrogen-bond donors (Lipinski definition) is 1. The van der Waals surface area contributed by atoms with Crippen molar-refractivity contribution in [1.82, 2.24) is 20.1 Å². The molecule has 9 nitrogen and oxygen atoms in total. The molecule has 2 aromatic rings. The predicted octanol–water partition coefficient (Wildman–Crippen LogP) is 1.43. The summed E-state index contributed by atoms with van der Waals surface area (Å²) in [6.45, 7) is 5.31. The number of carbonyl (C=O) groups excluding carboxylic acids is 2. The first-order valence-electron chi connectivity index (χ1n) is 8.86. The van der Waals surface area contributed by atoms with Gasteiger partial charge < -0.3 is 10.2 Å². The van der Waals surface area contributed by atoms with Crippen LogP contribution in [-0.4, -0.2) is 64.2 Å². The van der Waals surface area contributed by atoms with Gasteiger partial charge in [-0.05, 0) is 13.0 Å². The van der Waals surface area contributed by atoms with Crippen LogP contribution in [0.5, 0.6) is 0 Å². The number of amides is 2. The fraction of sp³-hybridized carbons (Fsp3) is 0.389. The number of thiazole rings is 1. The Morgan fingerprint density at radius 3 is 2.68 bits per heavy atom. The average Bonchev–Trinajstić information content (AvgIpc) is 3.11. The molecule has 28 heavy (non-hydrogen) atoms. The minimum Gasteiger partial charge on any atom is -0.343 e. The third-order valence-electron chi connectivity index (χ3n) is 4.50. The molecule has 0 unspecified atom stereocenters. The van der Waals surface area contributed by atoms with E-state index in [1.54, 1.807) is 16.2 Å². The van der Waals surface area contributed by atoms with Crippen molar-refractivity contribution in [2.45, 2.75) is 13.5 Å². The molecule has 1 aliphatic heterocycles. The lowest BCUT2D eigenvalue weighted by Crippen LogP contribution is -2.50. The number of aromatic nitrogens is 1. The van der Waals surface area contributed by atoms with E-state index in [1.807, 2.05) is 6.92 Å². The van der Waals surface area contributed by atoms with E-state index < -0.39 is 10.8 Å². The highest BCUT2D eigenvalue weighted by atomic mass is 32.1. The third kappa shape index (κ3) is 5.11. The molecule has 1 aromatic carbocycles. The molecule has 0 radical (unpaired) electrons. The molecule has 2 heterocycles. The monoisotopic (exact) mass is 403 g/mol. The van der Waals surface area contributed by atoms with Crippen LogP contribution in [0.1, 0.15) is 21.1 Å².